The fraction of sp³-hybridized carbons (Fsp3) is 0.308. The first kappa shape index (κ1) is 13.9. The fourth-order valence-corrected chi connectivity index (χ4v) is 1.84. The van der Waals surface area contributed by atoms with E-state index >= 15 is 0 Å². The number of para-hydroxylation sites is 2. The minimum Gasteiger partial charge on any atom is -0.504 e. The largest absolute Gasteiger partial charge is 0.504 e. The lowest BCUT2D eigenvalue weighted by Gasteiger charge is -2.06. The highest BCUT2D eigenvalue weighted by Crippen LogP contribution is 2.39. The molecule has 0 saturated carbocycles. The average molecular weight is 277 g/mol. The van der Waals surface area contributed by atoms with Crippen LogP contribution in [0.5, 0.6) is 17.4 Å². The van der Waals surface area contributed by atoms with E-state index in [4.69, 9.17) is 4.74 Å². The van der Waals surface area contributed by atoms with Crippen LogP contribution >= 0.6 is 0 Å². The number of aryl methyl sites for hydroxylation is 1. The normalized spacial score (nSPS) is 10.8. The Hall–Kier alpha value is -2.57. The fourth-order valence-electron chi connectivity index (χ4n) is 1.84. The van der Waals surface area contributed by atoms with Crippen molar-refractivity contribution in [2.75, 3.05) is 0 Å². The molecule has 2 rings (SSSR count). The Morgan fingerprint density at radius 3 is 2.60 bits per heavy atom. The van der Waals surface area contributed by atoms with Crippen LogP contribution in [-0.4, -0.2) is 19.8 Å². The molecular weight excluding hydrogens is 262 g/mol. The van der Waals surface area contributed by atoms with Gasteiger partial charge in [-0.3, -0.25) is 10.1 Å². The third-order valence-corrected chi connectivity index (χ3v) is 2.80. The van der Waals surface area contributed by atoms with Crippen LogP contribution in [0.15, 0.2) is 24.3 Å². The molecule has 0 aliphatic heterocycles. The van der Waals surface area contributed by atoms with Crippen molar-refractivity contribution in [3.63, 3.8) is 0 Å². The van der Waals surface area contributed by atoms with Gasteiger partial charge in [0.2, 0.25) is 0 Å². The number of aromatic hydroxyl groups is 1. The van der Waals surface area contributed by atoms with Crippen LogP contribution in [-0.2, 0) is 7.05 Å². The first-order valence-corrected chi connectivity index (χ1v) is 6.09. The number of phenols is 1. The van der Waals surface area contributed by atoms with Crippen molar-refractivity contribution >= 4 is 5.69 Å². The van der Waals surface area contributed by atoms with Crippen LogP contribution in [0.2, 0.25) is 0 Å². The van der Waals surface area contributed by atoms with Crippen molar-refractivity contribution in [2.24, 2.45) is 7.05 Å². The molecule has 0 amide bonds. The zero-order valence-corrected chi connectivity index (χ0v) is 11.4. The average Bonchev–Trinajstić information content (AvgIpc) is 2.70. The minimum absolute atomic E-state index is 0.000185. The first-order valence-electron chi connectivity index (χ1n) is 6.09. The minimum atomic E-state index is -0.516. The Bertz CT molecular complexity index is 649. The highest BCUT2D eigenvalue weighted by molar-refractivity contribution is 5.51. The third kappa shape index (κ3) is 2.42. The Labute approximate surface area is 115 Å². The summed E-state index contributed by atoms with van der Waals surface area (Å²) in [7, 11) is 1.56. The van der Waals surface area contributed by atoms with Gasteiger partial charge >= 0.3 is 5.69 Å². The molecule has 1 aromatic heterocycles. The van der Waals surface area contributed by atoms with Gasteiger partial charge in [0.15, 0.2) is 11.5 Å². The number of hydrogen-bond donors (Lipinski definition) is 1. The predicted octanol–water partition coefficient (Wildman–Crippen LogP) is 2.95. The van der Waals surface area contributed by atoms with E-state index in [0.29, 0.717) is 5.69 Å². The quantitative estimate of drug-likeness (QED) is 0.685. The Balaban J connectivity index is 2.52. The topological polar surface area (TPSA) is 90.4 Å². The van der Waals surface area contributed by atoms with Gasteiger partial charge in [0.25, 0.3) is 5.88 Å². The molecule has 2 aromatic rings. The SMILES string of the molecule is CC(C)c1nn(C)c(Oc2ccccc2O)c1[N+](=O)[O-]. The van der Waals surface area contributed by atoms with Crippen LogP contribution in [0.3, 0.4) is 0 Å². The van der Waals surface area contributed by atoms with Crippen LogP contribution < -0.4 is 4.74 Å². The lowest BCUT2D eigenvalue weighted by Crippen LogP contribution is -1.97. The zero-order valence-electron chi connectivity index (χ0n) is 11.4. The van der Waals surface area contributed by atoms with Crippen molar-refractivity contribution in [2.45, 2.75) is 19.8 Å². The maximum atomic E-state index is 11.2. The summed E-state index contributed by atoms with van der Waals surface area (Å²) in [5, 5.41) is 25.1. The summed E-state index contributed by atoms with van der Waals surface area (Å²) in [6, 6.07) is 6.28. The van der Waals surface area contributed by atoms with Gasteiger partial charge < -0.3 is 9.84 Å². The molecule has 0 bridgehead atoms. The third-order valence-electron chi connectivity index (χ3n) is 2.80. The number of nitrogens with zero attached hydrogens (tertiary/aromatic N) is 3. The van der Waals surface area contributed by atoms with Gasteiger partial charge in [-0.25, -0.2) is 4.68 Å². The van der Waals surface area contributed by atoms with Gasteiger partial charge in [0, 0.05) is 13.0 Å². The smallest absolute Gasteiger partial charge is 0.354 e. The Morgan fingerprint density at radius 1 is 1.40 bits per heavy atom. The summed E-state index contributed by atoms with van der Waals surface area (Å²) in [6.45, 7) is 3.64. The Morgan fingerprint density at radius 2 is 2.05 bits per heavy atom. The van der Waals surface area contributed by atoms with Gasteiger partial charge in [-0.1, -0.05) is 26.0 Å². The van der Waals surface area contributed by atoms with E-state index in [0.717, 1.165) is 0 Å². The molecule has 7 nitrogen and oxygen atoms in total. The lowest BCUT2D eigenvalue weighted by molar-refractivity contribution is -0.386. The second-order valence-electron chi connectivity index (χ2n) is 4.64. The van der Waals surface area contributed by atoms with Crippen molar-refractivity contribution in [1.29, 1.82) is 0 Å². The van der Waals surface area contributed by atoms with Crippen LogP contribution in [0.1, 0.15) is 25.5 Å². The number of phenolic OH excluding ortho intramolecular Hbond substituents is 1. The van der Waals surface area contributed by atoms with Crippen molar-refractivity contribution in [3.8, 4) is 17.4 Å². The number of ether oxygens (including phenoxy) is 1. The molecule has 0 atom stereocenters. The molecule has 0 aliphatic rings. The van der Waals surface area contributed by atoms with E-state index < -0.39 is 4.92 Å². The van der Waals surface area contributed by atoms with Gasteiger partial charge in [-0.15, -0.1) is 0 Å². The Kier molecular flexibility index (Phi) is 3.60. The standard InChI is InChI=1S/C13H15N3O4/c1-8(2)11-12(16(18)19)13(15(3)14-11)20-10-7-5-4-6-9(10)17/h4-8,17H,1-3H3. The highest BCUT2D eigenvalue weighted by atomic mass is 16.6. The molecule has 0 spiro atoms. The molecule has 0 fully saturated rings. The van der Waals surface area contributed by atoms with Crippen molar-refractivity contribution in [1.82, 2.24) is 9.78 Å². The van der Waals surface area contributed by atoms with Gasteiger partial charge in [-0.2, -0.15) is 5.10 Å². The summed E-state index contributed by atoms with van der Waals surface area (Å²) in [5.41, 5.74) is 0.175. The number of hydrogen-bond acceptors (Lipinski definition) is 5. The van der Waals surface area contributed by atoms with E-state index in [-0.39, 0.29) is 29.0 Å². The second-order valence-corrected chi connectivity index (χ2v) is 4.64. The van der Waals surface area contributed by atoms with Crippen molar-refractivity contribution < 1.29 is 14.8 Å². The molecule has 1 aromatic carbocycles. The molecule has 20 heavy (non-hydrogen) atoms. The molecule has 0 unspecified atom stereocenters. The first-order chi connectivity index (χ1) is 9.41. The van der Waals surface area contributed by atoms with E-state index in [2.05, 4.69) is 5.10 Å². The molecule has 1 N–H and O–H groups in total. The van der Waals surface area contributed by atoms with Crippen LogP contribution in [0, 0.1) is 10.1 Å². The molecule has 0 saturated heterocycles. The van der Waals surface area contributed by atoms with Gasteiger partial charge in [-0.05, 0) is 12.1 Å². The van der Waals surface area contributed by atoms with Gasteiger partial charge in [0.05, 0.1) is 4.92 Å². The summed E-state index contributed by atoms with van der Waals surface area (Å²) in [6.07, 6.45) is 0. The van der Waals surface area contributed by atoms with Crippen LogP contribution in [0.25, 0.3) is 0 Å². The maximum Gasteiger partial charge on any atom is 0.354 e. The second kappa shape index (κ2) is 5.20. The van der Waals surface area contributed by atoms with Gasteiger partial charge in [0.1, 0.15) is 5.69 Å². The molecule has 7 heteroatoms. The lowest BCUT2D eigenvalue weighted by atomic mass is 10.1. The van der Waals surface area contributed by atoms with E-state index in [1.807, 2.05) is 13.8 Å². The number of aromatic nitrogens is 2. The van der Waals surface area contributed by atoms with Crippen molar-refractivity contribution in [3.05, 3.63) is 40.1 Å². The van der Waals surface area contributed by atoms with Crippen LogP contribution in [0.4, 0.5) is 5.69 Å². The summed E-state index contributed by atoms with van der Waals surface area (Å²) >= 11 is 0. The van der Waals surface area contributed by atoms with E-state index in [1.165, 1.54) is 16.8 Å². The summed E-state index contributed by atoms with van der Waals surface area (Å²) in [4.78, 5) is 10.7. The molecule has 0 aliphatic carbocycles. The zero-order chi connectivity index (χ0) is 14.9. The monoisotopic (exact) mass is 277 g/mol. The summed E-state index contributed by atoms with van der Waals surface area (Å²) in [5.74, 6) is -0.0495. The molecule has 106 valence electrons. The molecule has 1 heterocycles. The van der Waals surface area contributed by atoms with E-state index in [9.17, 15) is 15.2 Å². The summed E-state index contributed by atoms with van der Waals surface area (Å²) < 4.78 is 6.78. The number of nitro groups is 1. The van der Waals surface area contributed by atoms with E-state index in [1.54, 1.807) is 19.2 Å². The maximum absolute atomic E-state index is 11.2. The highest BCUT2D eigenvalue weighted by Gasteiger charge is 2.30. The molecule has 0 radical (unpaired) electrons. The molecular formula is C13H15N3O4. The predicted molar refractivity (Wildman–Crippen MR) is 72.1 cm³/mol. The number of rotatable bonds is 4. The number of benzene rings is 1.